The van der Waals surface area contributed by atoms with E-state index in [0.29, 0.717) is 5.69 Å². The topological polar surface area (TPSA) is 104 Å². The largest absolute Gasteiger partial charge is 0.399 e. The summed E-state index contributed by atoms with van der Waals surface area (Å²) in [7, 11) is -2.32. The van der Waals surface area contributed by atoms with Crippen LogP contribution in [-0.4, -0.2) is 49.2 Å². The van der Waals surface area contributed by atoms with Crippen LogP contribution >= 0.6 is 0 Å². The number of nitrogens with zero attached hydrogens (tertiary/aromatic N) is 1. The molecule has 0 radical (unpaired) electrons. The average molecular weight is 260 g/mol. The van der Waals surface area contributed by atoms with E-state index in [4.69, 9.17) is 10.8 Å². The summed E-state index contributed by atoms with van der Waals surface area (Å²) in [5.41, 5.74) is 5.94. The minimum Gasteiger partial charge on any atom is -0.399 e. The summed E-state index contributed by atoms with van der Waals surface area (Å²) in [6, 6.07) is 5.77. The van der Waals surface area contributed by atoms with Crippen molar-refractivity contribution in [1.29, 1.82) is 0 Å². The van der Waals surface area contributed by atoms with Crippen molar-refractivity contribution in [2.45, 2.75) is 11.0 Å². The molecule has 1 unspecified atom stereocenters. The highest BCUT2D eigenvalue weighted by Crippen LogP contribution is 2.16. The molecule has 0 saturated heterocycles. The number of aliphatic hydroxyl groups is 2. The Bertz CT molecular complexity index is 458. The van der Waals surface area contributed by atoms with Crippen molar-refractivity contribution in [2.24, 2.45) is 0 Å². The second kappa shape index (κ2) is 5.46. The summed E-state index contributed by atoms with van der Waals surface area (Å²) in [5, 5.41) is 17.9. The smallest absolute Gasteiger partial charge is 0.242 e. The number of benzene rings is 1. The van der Waals surface area contributed by atoms with E-state index < -0.39 is 22.7 Å². The van der Waals surface area contributed by atoms with Gasteiger partial charge in [0.1, 0.15) is 0 Å². The predicted molar refractivity (Wildman–Crippen MR) is 63.8 cm³/mol. The fourth-order valence-electron chi connectivity index (χ4n) is 1.27. The van der Waals surface area contributed by atoms with E-state index in [1.165, 1.54) is 31.3 Å². The van der Waals surface area contributed by atoms with E-state index >= 15 is 0 Å². The molecule has 1 aromatic rings. The second-order valence-corrected chi connectivity index (χ2v) is 5.74. The maximum Gasteiger partial charge on any atom is 0.242 e. The Kier molecular flexibility index (Phi) is 4.47. The van der Waals surface area contributed by atoms with Gasteiger partial charge in [0, 0.05) is 19.3 Å². The molecule has 6 nitrogen and oxygen atoms in total. The van der Waals surface area contributed by atoms with Gasteiger partial charge in [-0.1, -0.05) is 0 Å². The molecule has 0 aliphatic rings. The molecule has 17 heavy (non-hydrogen) atoms. The second-order valence-electron chi connectivity index (χ2n) is 3.69. The number of rotatable bonds is 5. The molecule has 1 atom stereocenters. The van der Waals surface area contributed by atoms with Crippen LogP contribution < -0.4 is 5.73 Å². The van der Waals surface area contributed by atoms with Crippen LogP contribution in [0.3, 0.4) is 0 Å². The van der Waals surface area contributed by atoms with Crippen molar-refractivity contribution in [2.75, 3.05) is 25.9 Å². The number of hydrogen-bond donors (Lipinski definition) is 3. The van der Waals surface area contributed by atoms with Crippen molar-refractivity contribution < 1.29 is 18.6 Å². The molecule has 0 spiro atoms. The van der Waals surface area contributed by atoms with E-state index in [-0.39, 0.29) is 11.4 Å². The van der Waals surface area contributed by atoms with Gasteiger partial charge >= 0.3 is 0 Å². The summed E-state index contributed by atoms with van der Waals surface area (Å²) in [5.74, 6) is 0. The molecule has 0 fully saturated rings. The van der Waals surface area contributed by atoms with Crippen LogP contribution in [-0.2, 0) is 10.0 Å². The number of hydrogen-bond acceptors (Lipinski definition) is 5. The summed E-state index contributed by atoms with van der Waals surface area (Å²) >= 11 is 0. The number of likely N-dealkylation sites (N-methyl/N-ethyl adjacent to an activating group) is 1. The SMILES string of the molecule is CN(CC(O)CO)S(=O)(=O)c1ccc(N)cc1. The fraction of sp³-hybridized carbons (Fsp3) is 0.400. The third-order valence-corrected chi connectivity index (χ3v) is 4.10. The number of nitrogens with two attached hydrogens (primary N) is 1. The molecule has 0 aliphatic heterocycles. The predicted octanol–water partition coefficient (Wildman–Crippen LogP) is -0.758. The first kappa shape index (κ1) is 13.9. The first-order valence-electron chi connectivity index (χ1n) is 4.98. The van der Waals surface area contributed by atoms with Crippen LogP contribution in [0.2, 0.25) is 0 Å². The zero-order valence-corrected chi connectivity index (χ0v) is 10.3. The van der Waals surface area contributed by atoms with Gasteiger partial charge in [-0.25, -0.2) is 8.42 Å². The minimum absolute atomic E-state index is 0.0966. The third kappa shape index (κ3) is 3.40. The maximum atomic E-state index is 12.0. The van der Waals surface area contributed by atoms with Crippen LogP contribution in [0.25, 0.3) is 0 Å². The molecule has 1 rings (SSSR count). The van der Waals surface area contributed by atoms with Gasteiger partial charge in [-0.15, -0.1) is 0 Å². The molecule has 0 saturated carbocycles. The summed E-state index contributed by atoms with van der Waals surface area (Å²) in [6.45, 7) is -0.648. The molecule has 96 valence electrons. The summed E-state index contributed by atoms with van der Waals surface area (Å²) < 4.78 is 25.0. The van der Waals surface area contributed by atoms with E-state index in [0.717, 1.165) is 4.31 Å². The lowest BCUT2D eigenvalue weighted by Crippen LogP contribution is -2.35. The lowest BCUT2D eigenvalue weighted by Gasteiger charge is -2.19. The highest BCUT2D eigenvalue weighted by molar-refractivity contribution is 7.89. The van der Waals surface area contributed by atoms with Crippen LogP contribution in [0.15, 0.2) is 29.2 Å². The zero-order chi connectivity index (χ0) is 13.1. The molecule has 1 aromatic carbocycles. The summed E-state index contributed by atoms with van der Waals surface area (Å²) in [6.07, 6.45) is -1.09. The van der Waals surface area contributed by atoms with Crippen molar-refractivity contribution >= 4 is 15.7 Å². The fourth-order valence-corrected chi connectivity index (χ4v) is 2.48. The van der Waals surface area contributed by atoms with Gasteiger partial charge in [0.2, 0.25) is 10.0 Å². The van der Waals surface area contributed by atoms with Crippen LogP contribution in [0.1, 0.15) is 0 Å². The summed E-state index contributed by atoms with van der Waals surface area (Å²) in [4.78, 5) is 0.0966. The van der Waals surface area contributed by atoms with Gasteiger partial charge in [-0.05, 0) is 24.3 Å². The quantitative estimate of drug-likeness (QED) is 0.604. The number of anilines is 1. The van der Waals surface area contributed by atoms with Gasteiger partial charge in [-0.3, -0.25) is 0 Å². The average Bonchev–Trinajstić information content (AvgIpc) is 2.29. The first-order valence-corrected chi connectivity index (χ1v) is 6.42. The first-order chi connectivity index (χ1) is 7.87. The van der Waals surface area contributed by atoms with Gasteiger partial charge in [0.15, 0.2) is 0 Å². The number of aliphatic hydroxyl groups excluding tert-OH is 2. The van der Waals surface area contributed by atoms with Crippen LogP contribution in [0.5, 0.6) is 0 Å². The normalized spacial score (nSPS) is 13.9. The van der Waals surface area contributed by atoms with Gasteiger partial charge in [0.25, 0.3) is 0 Å². The van der Waals surface area contributed by atoms with Crippen LogP contribution in [0.4, 0.5) is 5.69 Å². The molecule has 7 heteroatoms. The molecule has 0 amide bonds. The highest BCUT2D eigenvalue weighted by Gasteiger charge is 2.22. The van der Waals surface area contributed by atoms with E-state index in [9.17, 15) is 13.5 Å². The number of nitrogen functional groups attached to an aromatic ring is 1. The van der Waals surface area contributed by atoms with E-state index in [1.807, 2.05) is 0 Å². The Morgan fingerprint density at radius 2 is 1.88 bits per heavy atom. The minimum atomic E-state index is -3.65. The lowest BCUT2D eigenvalue weighted by atomic mass is 10.3. The maximum absolute atomic E-state index is 12.0. The lowest BCUT2D eigenvalue weighted by molar-refractivity contribution is 0.0826. The standard InChI is InChI=1S/C10H16N2O4S/c1-12(6-9(14)7-13)17(15,16)10-4-2-8(11)3-5-10/h2-5,9,13-14H,6-7,11H2,1H3. The van der Waals surface area contributed by atoms with Gasteiger partial charge in [-0.2, -0.15) is 4.31 Å². The van der Waals surface area contributed by atoms with Gasteiger partial charge in [0.05, 0.1) is 17.6 Å². The highest BCUT2D eigenvalue weighted by atomic mass is 32.2. The Balaban J connectivity index is 2.91. The molecule has 0 bridgehead atoms. The van der Waals surface area contributed by atoms with Gasteiger partial charge < -0.3 is 15.9 Å². The Morgan fingerprint density at radius 1 is 1.35 bits per heavy atom. The molecule has 0 aliphatic carbocycles. The Hall–Kier alpha value is -1.15. The Labute approximate surface area is 100 Å². The molecule has 0 heterocycles. The zero-order valence-electron chi connectivity index (χ0n) is 9.44. The molecular weight excluding hydrogens is 244 g/mol. The molecule has 4 N–H and O–H groups in total. The number of sulfonamides is 1. The third-order valence-electron chi connectivity index (χ3n) is 2.27. The van der Waals surface area contributed by atoms with E-state index in [2.05, 4.69) is 0 Å². The van der Waals surface area contributed by atoms with Crippen molar-refractivity contribution in [3.05, 3.63) is 24.3 Å². The monoisotopic (exact) mass is 260 g/mol. The van der Waals surface area contributed by atoms with Crippen LogP contribution in [0, 0.1) is 0 Å². The Morgan fingerprint density at radius 3 is 2.35 bits per heavy atom. The van der Waals surface area contributed by atoms with Crippen molar-refractivity contribution in [3.63, 3.8) is 0 Å². The molecular formula is C10H16N2O4S. The molecule has 0 aromatic heterocycles. The van der Waals surface area contributed by atoms with Crippen molar-refractivity contribution in [1.82, 2.24) is 4.31 Å². The van der Waals surface area contributed by atoms with E-state index in [1.54, 1.807) is 0 Å². The van der Waals surface area contributed by atoms with Crippen molar-refractivity contribution in [3.8, 4) is 0 Å².